The van der Waals surface area contributed by atoms with Crippen molar-refractivity contribution in [1.29, 1.82) is 0 Å². The molecule has 0 aromatic rings. The Labute approximate surface area is 79.7 Å². The molecule has 1 aliphatic rings. The summed E-state index contributed by atoms with van der Waals surface area (Å²) in [5.41, 5.74) is -2.19. The molecule has 0 bridgehead atoms. The Morgan fingerprint density at radius 2 is 1.23 bits per heavy atom. The maximum absolute atomic E-state index is 10.3. The lowest BCUT2D eigenvalue weighted by atomic mass is 9.72. The fourth-order valence-corrected chi connectivity index (χ4v) is 1.95. The van der Waals surface area contributed by atoms with Crippen LogP contribution in [0.5, 0.6) is 0 Å². The van der Waals surface area contributed by atoms with Crippen molar-refractivity contribution in [3.63, 3.8) is 0 Å². The maximum Gasteiger partial charge on any atom is 0.121 e. The molecule has 0 aromatic heterocycles. The minimum Gasteiger partial charge on any atom is -0.384 e. The molecule has 1 rings (SSSR count). The molecule has 0 amide bonds. The molecule has 78 valence electrons. The molecule has 1 saturated heterocycles. The summed E-state index contributed by atoms with van der Waals surface area (Å²) in [5.74, 6) is 0.00444. The monoisotopic (exact) mass is 188 g/mol. The van der Waals surface area contributed by atoms with Gasteiger partial charge in [-0.3, -0.25) is 0 Å². The van der Waals surface area contributed by atoms with Gasteiger partial charge in [-0.15, -0.1) is 0 Å². The molecule has 0 spiro atoms. The zero-order valence-corrected chi connectivity index (χ0v) is 8.87. The molecular formula is C10H20O3. The maximum atomic E-state index is 10.3. The number of rotatable bonds is 2. The SMILES string of the molecule is CC(C)[C@]1(O)COC[C@]1(O)C(C)C. The minimum atomic E-state index is -1.10. The van der Waals surface area contributed by atoms with Gasteiger partial charge in [0.05, 0.1) is 13.2 Å². The van der Waals surface area contributed by atoms with E-state index in [1.807, 2.05) is 27.7 Å². The van der Waals surface area contributed by atoms with E-state index in [9.17, 15) is 10.2 Å². The Morgan fingerprint density at radius 3 is 1.46 bits per heavy atom. The van der Waals surface area contributed by atoms with Crippen molar-refractivity contribution in [2.45, 2.75) is 38.9 Å². The largest absolute Gasteiger partial charge is 0.384 e. The zero-order chi connectivity index (χ0) is 10.3. The summed E-state index contributed by atoms with van der Waals surface area (Å²) in [6.45, 7) is 8.09. The molecule has 1 aliphatic heterocycles. The second kappa shape index (κ2) is 3.23. The number of hydrogen-bond acceptors (Lipinski definition) is 3. The average Bonchev–Trinajstić information content (AvgIpc) is 2.31. The van der Waals surface area contributed by atoms with Crippen LogP contribution in [-0.2, 0) is 4.74 Å². The second-order valence-electron chi connectivity index (χ2n) is 4.65. The van der Waals surface area contributed by atoms with Crippen LogP contribution in [0.2, 0.25) is 0 Å². The highest BCUT2D eigenvalue weighted by atomic mass is 16.5. The van der Waals surface area contributed by atoms with E-state index in [1.54, 1.807) is 0 Å². The fraction of sp³-hybridized carbons (Fsp3) is 1.00. The van der Waals surface area contributed by atoms with Crippen LogP contribution in [0.3, 0.4) is 0 Å². The number of aliphatic hydroxyl groups is 2. The summed E-state index contributed by atoms with van der Waals surface area (Å²) >= 11 is 0. The quantitative estimate of drug-likeness (QED) is 0.673. The summed E-state index contributed by atoms with van der Waals surface area (Å²) in [6, 6.07) is 0. The van der Waals surface area contributed by atoms with Gasteiger partial charge in [0.25, 0.3) is 0 Å². The minimum absolute atomic E-state index is 0.00222. The normalized spacial score (nSPS) is 40.6. The molecule has 0 unspecified atom stereocenters. The first-order valence-electron chi connectivity index (χ1n) is 4.87. The van der Waals surface area contributed by atoms with Crippen LogP contribution in [-0.4, -0.2) is 34.6 Å². The molecule has 0 saturated carbocycles. The second-order valence-corrected chi connectivity index (χ2v) is 4.65. The van der Waals surface area contributed by atoms with Gasteiger partial charge in [-0.1, -0.05) is 27.7 Å². The Bertz CT molecular complexity index is 171. The van der Waals surface area contributed by atoms with Crippen LogP contribution in [0.15, 0.2) is 0 Å². The van der Waals surface area contributed by atoms with Gasteiger partial charge in [0.2, 0.25) is 0 Å². The van der Waals surface area contributed by atoms with Gasteiger partial charge in [0.15, 0.2) is 0 Å². The van der Waals surface area contributed by atoms with Gasteiger partial charge in [-0.2, -0.15) is 0 Å². The Hall–Kier alpha value is -0.120. The zero-order valence-electron chi connectivity index (χ0n) is 8.87. The summed E-state index contributed by atoms with van der Waals surface area (Å²) in [4.78, 5) is 0. The van der Waals surface area contributed by atoms with E-state index in [0.29, 0.717) is 0 Å². The molecule has 0 aliphatic carbocycles. The van der Waals surface area contributed by atoms with Crippen LogP contribution in [0.1, 0.15) is 27.7 Å². The molecule has 3 nitrogen and oxygen atoms in total. The molecule has 2 N–H and O–H groups in total. The van der Waals surface area contributed by atoms with Crippen molar-refractivity contribution in [2.75, 3.05) is 13.2 Å². The molecule has 1 fully saturated rings. The summed E-state index contributed by atoms with van der Waals surface area (Å²) in [5, 5.41) is 20.6. The van der Waals surface area contributed by atoms with E-state index in [0.717, 1.165) is 0 Å². The third-order valence-electron chi connectivity index (χ3n) is 3.30. The lowest BCUT2D eigenvalue weighted by Gasteiger charge is -2.41. The van der Waals surface area contributed by atoms with Crippen molar-refractivity contribution in [3.05, 3.63) is 0 Å². The van der Waals surface area contributed by atoms with Gasteiger partial charge < -0.3 is 14.9 Å². The Morgan fingerprint density at radius 1 is 0.923 bits per heavy atom. The van der Waals surface area contributed by atoms with Crippen LogP contribution in [0, 0.1) is 11.8 Å². The van der Waals surface area contributed by atoms with Crippen molar-refractivity contribution < 1.29 is 14.9 Å². The molecule has 3 heteroatoms. The molecular weight excluding hydrogens is 168 g/mol. The van der Waals surface area contributed by atoms with Crippen LogP contribution < -0.4 is 0 Å². The van der Waals surface area contributed by atoms with Crippen molar-refractivity contribution >= 4 is 0 Å². The predicted octanol–water partition coefficient (Wildman–Crippen LogP) is 0.791. The van der Waals surface area contributed by atoms with E-state index >= 15 is 0 Å². The molecule has 1 heterocycles. The average molecular weight is 188 g/mol. The highest BCUT2D eigenvalue weighted by molar-refractivity contribution is 5.07. The summed E-state index contributed by atoms with van der Waals surface area (Å²) in [6.07, 6.45) is 0. The van der Waals surface area contributed by atoms with Crippen LogP contribution in [0.25, 0.3) is 0 Å². The van der Waals surface area contributed by atoms with Crippen molar-refractivity contribution in [2.24, 2.45) is 11.8 Å². The first kappa shape index (κ1) is 11.0. The summed E-state index contributed by atoms with van der Waals surface area (Å²) < 4.78 is 5.20. The highest BCUT2D eigenvalue weighted by Gasteiger charge is 2.57. The van der Waals surface area contributed by atoms with E-state index in [2.05, 4.69) is 0 Å². The fourth-order valence-electron chi connectivity index (χ4n) is 1.95. The van der Waals surface area contributed by atoms with Gasteiger partial charge in [0, 0.05) is 0 Å². The van der Waals surface area contributed by atoms with Crippen molar-refractivity contribution in [1.82, 2.24) is 0 Å². The standard InChI is InChI=1S/C10H20O3/c1-7(2)9(11)5-13-6-10(9,12)8(3)4/h7-8,11-12H,5-6H2,1-4H3/t9-,10+. The summed E-state index contributed by atoms with van der Waals surface area (Å²) in [7, 11) is 0. The van der Waals surface area contributed by atoms with E-state index in [4.69, 9.17) is 4.74 Å². The van der Waals surface area contributed by atoms with Gasteiger partial charge >= 0.3 is 0 Å². The number of ether oxygens (including phenoxy) is 1. The lowest BCUT2D eigenvalue weighted by Crippen LogP contribution is -2.59. The highest BCUT2D eigenvalue weighted by Crippen LogP contribution is 2.40. The van der Waals surface area contributed by atoms with Gasteiger partial charge in [-0.25, -0.2) is 0 Å². The third kappa shape index (κ3) is 1.39. The predicted molar refractivity (Wildman–Crippen MR) is 50.4 cm³/mol. The number of hydrogen-bond donors (Lipinski definition) is 2. The van der Waals surface area contributed by atoms with Crippen LogP contribution >= 0.6 is 0 Å². The Balaban J connectivity index is 2.97. The third-order valence-corrected chi connectivity index (χ3v) is 3.30. The van der Waals surface area contributed by atoms with E-state index in [1.165, 1.54) is 0 Å². The first-order chi connectivity index (χ1) is 5.84. The molecule has 0 aromatic carbocycles. The topological polar surface area (TPSA) is 49.7 Å². The molecule has 13 heavy (non-hydrogen) atoms. The Kier molecular flexibility index (Phi) is 2.72. The van der Waals surface area contributed by atoms with Crippen molar-refractivity contribution in [3.8, 4) is 0 Å². The van der Waals surface area contributed by atoms with Gasteiger partial charge in [0.1, 0.15) is 11.2 Å². The van der Waals surface area contributed by atoms with Gasteiger partial charge in [-0.05, 0) is 11.8 Å². The smallest absolute Gasteiger partial charge is 0.121 e. The lowest BCUT2D eigenvalue weighted by molar-refractivity contribution is -0.164. The van der Waals surface area contributed by atoms with E-state index in [-0.39, 0.29) is 25.0 Å². The van der Waals surface area contributed by atoms with E-state index < -0.39 is 11.2 Å². The first-order valence-corrected chi connectivity index (χ1v) is 4.87. The van der Waals surface area contributed by atoms with Crippen LogP contribution in [0.4, 0.5) is 0 Å². The molecule has 0 radical (unpaired) electrons. The molecule has 2 atom stereocenters.